The van der Waals surface area contributed by atoms with E-state index in [1.165, 1.54) is 0 Å². The summed E-state index contributed by atoms with van der Waals surface area (Å²) >= 11 is 5.84. The standard InChI is InChI=1S/C18H27ClN4O3/c1-20-17(24)13-22-7-9-23(10-8-22)18(25)14-21(2)11-12-26-16-5-3-15(19)4-6-16/h3-6H,7-14H2,1-2H3,(H,20,24). The van der Waals surface area contributed by atoms with Gasteiger partial charge in [0.15, 0.2) is 0 Å². The van der Waals surface area contributed by atoms with E-state index in [0.29, 0.717) is 44.4 Å². The van der Waals surface area contributed by atoms with Crippen molar-refractivity contribution in [1.29, 1.82) is 0 Å². The highest BCUT2D eigenvalue weighted by Gasteiger charge is 2.22. The first-order valence-corrected chi connectivity index (χ1v) is 9.13. The number of carbonyl (C=O) groups excluding carboxylic acids is 2. The summed E-state index contributed by atoms with van der Waals surface area (Å²) in [6.07, 6.45) is 0. The number of piperazine rings is 1. The Labute approximate surface area is 159 Å². The summed E-state index contributed by atoms with van der Waals surface area (Å²) in [5, 5.41) is 3.30. The Morgan fingerprint density at radius 1 is 1.19 bits per heavy atom. The fourth-order valence-electron chi connectivity index (χ4n) is 2.70. The van der Waals surface area contributed by atoms with Crippen molar-refractivity contribution in [3.8, 4) is 5.75 Å². The summed E-state index contributed by atoms with van der Waals surface area (Å²) in [7, 11) is 3.54. The number of amides is 2. The first kappa shape index (κ1) is 20.5. The van der Waals surface area contributed by atoms with Gasteiger partial charge in [0.05, 0.1) is 13.1 Å². The zero-order valence-electron chi connectivity index (χ0n) is 15.4. The minimum atomic E-state index is 0.00481. The number of nitrogens with one attached hydrogen (secondary N) is 1. The quantitative estimate of drug-likeness (QED) is 0.711. The molecule has 1 aliphatic rings. The van der Waals surface area contributed by atoms with Crippen LogP contribution in [0.25, 0.3) is 0 Å². The molecule has 8 heteroatoms. The number of carbonyl (C=O) groups is 2. The van der Waals surface area contributed by atoms with E-state index in [1.807, 2.05) is 29.0 Å². The summed E-state index contributed by atoms with van der Waals surface area (Å²) in [6, 6.07) is 7.22. The van der Waals surface area contributed by atoms with E-state index in [-0.39, 0.29) is 11.8 Å². The van der Waals surface area contributed by atoms with E-state index in [1.54, 1.807) is 19.2 Å². The molecule has 1 heterocycles. The van der Waals surface area contributed by atoms with E-state index in [2.05, 4.69) is 10.2 Å². The molecule has 0 saturated carbocycles. The van der Waals surface area contributed by atoms with Gasteiger partial charge in [0.2, 0.25) is 11.8 Å². The molecule has 0 atom stereocenters. The molecule has 2 rings (SSSR count). The molecule has 1 N–H and O–H groups in total. The SMILES string of the molecule is CNC(=O)CN1CCN(C(=O)CN(C)CCOc2ccc(Cl)cc2)CC1. The van der Waals surface area contributed by atoms with Crippen molar-refractivity contribution in [3.05, 3.63) is 29.3 Å². The molecule has 1 fully saturated rings. The Kier molecular flexibility index (Phi) is 8.15. The van der Waals surface area contributed by atoms with E-state index >= 15 is 0 Å². The third-order valence-electron chi connectivity index (χ3n) is 4.33. The number of ether oxygens (including phenoxy) is 1. The average molecular weight is 383 g/mol. The van der Waals surface area contributed by atoms with Crippen molar-refractivity contribution in [2.75, 3.05) is 66.5 Å². The van der Waals surface area contributed by atoms with Crippen LogP contribution in [0.2, 0.25) is 5.02 Å². The van der Waals surface area contributed by atoms with Crippen LogP contribution in [0.1, 0.15) is 0 Å². The summed E-state index contributed by atoms with van der Waals surface area (Å²) in [4.78, 5) is 29.7. The molecule has 7 nitrogen and oxygen atoms in total. The molecular weight excluding hydrogens is 356 g/mol. The van der Waals surface area contributed by atoms with Crippen LogP contribution in [0, 0.1) is 0 Å². The van der Waals surface area contributed by atoms with Crippen LogP contribution in [0.5, 0.6) is 5.75 Å². The van der Waals surface area contributed by atoms with Gasteiger partial charge in [-0.3, -0.25) is 19.4 Å². The maximum absolute atomic E-state index is 12.4. The number of nitrogens with zero attached hydrogens (tertiary/aromatic N) is 3. The monoisotopic (exact) mass is 382 g/mol. The molecule has 2 amide bonds. The third-order valence-corrected chi connectivity index (χ3v) is 4.58. The number of likely N-dealkylation sites (N-methyl/N-ethyl adjacent to an activating group) is 2. The molecular formula is C18H27ClN4O3. The molecule has 1 aromatic carbocycles. The van der Waals surface area contributed by atoms with E-state index < -0.39 is 0 Å². The van der Waals surface area contributed by atoms with Gasteiger partial charge in [-0.2, -0.15) is 0 Å². The predicted molar refractivity (Wildman–Crippen MR) is 102 cm³/mol. The lowest BCUT2D eigenvalue weighted by atomic mass is 10.3. The molecule has 0 aromatic heterocycles. The van der Waals surface area contributed by atoms with E-state index in [4.69, 9.17) is 16.3 Å². The van der Waals surface area contributed by atoms with Crippen LogP contribution < -0.4 is 10.1 Å². The molecule has 1 saturated heterocycles. The third kappa shape index (κ3) is 6.82. The first-order chi connectivity index (χ1) is 12.5. The summed E-state index contributed by atoms with van der Waals surface area (Å²) in [5.41, 5.74) is 0. The zero-order chi connectivity index (χ0) is 18.9. The van der Waals surface area contributed by atoms with Crippen LogP contribution >= 0.6 is 11.6 Å². The lowest BCUT2D eigenvalue weighted by Gasteiger charge is -2.35. The van der Waals surface area contributed by atoms with Crippen LogP contribution in [0.4, 0.5) is 0 Å². The molecule has 1 aromatic rings. The molecule has 0 spiro atoms. The van der Waals surface area contributed by atoms with Crippen LogP contribution in [0.3, 0.4) is 0 Å². The number of hydrogen-bond acceptors (Lipinski definition) is 5. The highest BCUT2D eigenvalue weighted by atomic mass is 35.5. The molecule has 1 aliphatic heterocycles. The maximum atomic E-state index is 12.4. The van der Waals surface area contributed by atoms with Crippen LogP contribution in [0.15, 0.2) is 24.3 Å². The van der Waals surface area contributed by atoms with Gasteiger partial charge < -0.3 is 15.0 Å². The molecule has 0 radical (unpaired) electrons. The Morgan fingerprint density at radius 2 is 1.85 bits per heavy atom. The van der Waals surface area contributed by atoms with Gasteiger partial charge in [0.25, 0.3) is 0 Å². The molecule has 144 valence electrons. The lowest BCUT2D eigenvalue weighted by molar-refractivity contribution is -0.134. The van der Waals surface area contributed by atoms with Crippen LogP contribution in [-0.4, -0.2) is 93.0 Å². The molecule has 0 aliphatic carbocycles. The average Bonchev–Trinajstić information content (AvgIpc) is 2.63. The first-order valence-electron chi connectivity index (χ1n) is 8.75. The summed E-state index contributed by atoms with van der Waals surface area (Å²) in [5.74, 6) is 0.880. The van der Waals surface area contributed by atoms with Gasteiger partial charge in [-0.1, -0.05) is 11.6 Å². The van der Waals surface area contributed by atoms with Crippen molar-refractivity contribution in [1.82, 2.24) is 20.0 Å². The number of hydrogen-bond donors (Lipinski definition) is 1. The summed E-state index contributed by atoms with van der Waals surface area (Å²) < 4.78 is 5.65. The minimum Gasteiger partial charge on any atom is -0.492 e. The van der Waals surface area contributed by atoms with Crippen molar-refractivity contribution in [2.24, 2.45) is 0 Å². The second-order valence-corrected chi connectivity index (χ2v) is 6.81. The highest BCUT2D eigenvalue weighted by Crippen LogP contribution is 2.15. The summed E-state index contributed by atoms with van der Waals surface area (Å²) in [6.45, 7) is 4.68. The second kappa shape index (κ2) is 10.4. The molecule has 0 unspecified atom stereocenters. The van der Waals surface area contributed by atoms with E-state index in [9.17, 15) is 9.59 Å². The Bertz CT molecular complexity index is 589. The number of rotatable bonds is 8. The van der Waals surface area contributed by atoms with Crippen molar-refractivity contribution >= 4 is 23.4 Å². The molecule has 0 bridgehead atoms. The van der Waals surface area contributed by atoms with Crippen molar-refractivity contribution < 1.29 is 14.3 Å². The normalized spacial score (nSPS) is 15.2. The topological polar surface area (TPSA) is 65.1 Å². The van der Waals surface area contributed by atoms with Gasteiger partial charge in [-0.15, -0.1) is 0 Å². The Morgan fingerprint density at radius 3 is 2.46 bits per heavy atom. The van der Waals surface area contributed by atoms with Gasteiger partial charge in [-0.25, -0.2) is 0 Å². The fraction of sp³-hybridized carbons (Fsp3) is 0.556. The maximum Gasteiger partial charge on any atom is 0.236 e. The Hall–Kier alpha value is -1.83. The smallest absolute Gasteiger partial charge is 0.236 e. The predicted octanol–water partition coefficient (Wildman–Crippen LogP) is 0.541. The van der Waals surface area contributed by atoms with Gasteiger partial charge in [-0.05, 0) is 31.3 Å². The van der Waals surface area contributed by atoms with Crippen molar-refractivity contribution in [2.45, 2.75) is 0 Å². The van der Waals surface area contributed by atoms with Crippen LogP contribution in [-0.2, 0) is 9.59 Å². The van der Waals surface area contributed by atoms with E-state index in [0.717, 1.165) is 18.8 Å². The zero-order valence-corrected chi connectivity index (χ0v) is 16.2. The van der Waals surface area contributed by atoms with Crippen molar-refractivity contribution in [3.63, 3.8) is 0 Å². The fourth-order valence-corrected chi connectivity index (χ4v) is 2.82. The number of halogens is 1. The largest absolute Gasteiger partial charge is 0.492 e. The number of benzene rings is 1. The highest BCUT2D eigenvalue weighted by molar-refractivity contribution is 6.30. The second-order valence-electron chi connectivity index (χ2n) is 6.37. The molecule has 26 heavy (non-hydrogen) atoms. The Balaban J connectivity index is 1.64. The lowest BCUT2D eigenvalue weighted by Crippen LogP contribution is -2.52. The van der Waals surface area contributed by atoms with Gasteiger partial charge >= 0.3 is 0 Å². The van der Waals surface area contributed by atoms with Gasteiger partial charge in [0, 0.05) is 44.8 Å². The van der Waals surface area contributed by atoms with Gasteiger partial charge in [0.1, 0.15) is 12.4 Å². The minimum absolute atomic E-state index is 0.00481.